The third kappa shape index (κ3) is 15.3. The molecular formula is C23H47. The molecule has 0 amide bonds. The quantitative estimate of drug-likeness (QED) is 0.221. The van der Waals surface area contributed by atoms with Crippen molar-refractivity contribution in [3.8, 4) is 0 Å². The van der Waals surface area contributed by atoms with E-state index in [0.29, 0.717) is 0 Å². The highest BCUT2D eigenvalue weighted by atomic mass is 14.2. The van der Waals surface area contributed by atoms with E-state index in [2.05, 4.69) is 34.1 Å². The SMILES string of the molecule is CCCCCCCC([CH]C(CCCC)CCCCC)CCCC. The van der Waals surface area contributed by atoms with E-state index in [0.717, 1.165) is 11.8 Å². The highest BCUT2D eigenvalue weighted by molar-refractivity contribution is 4.84. The van der Waals surface area contributed by atoms with Crippen molar-refractivity contribution in [3.05, 3.63) is 6.42 Å². The lowest BCUT2D eigenvalue weighted by Gasteiger charge is -2.23. The summed E-state index contributed by atoms with van der Waals surface area (Å²) in [5, 5.41) is 0. The molecule has 0 aliphatic rings. The number of hydrogen-bond acceptors (Lipinski definition) is 0. The number of rotatable bonds is 18. The van der Waals surface area contributed by atoms with Crippen LogP contribution in [0.3, 0.4) is 0 Å². The molecule has 0 aromatic heterocycles. The van der Waals surface area contributed by atoms with Crippen LogP contribution in [0.15, 0.2) is 0 Å². The second-order valence-electron chi connectivity index (χ2n) is 7.70. The lowest BCUT2D eigenvalue weighted by Crippen LogP contribution is -2.11. The first kappa shape index (κ1) is 23.0. The maximum atomic E-state index is 2.81. The second kappa shape index (κ2) is 18.3. The molecule has 0 nitrogen and oxygen atoms in total. The third-order valence-electron chi connectivity index (χ3n) is 5.26. The van der Waals surface area contributed by atoms with Gasteiger partial charge in [-0.3, -0.25) is 0 Å². The molecule has 2 unspecified atom stereocenters. The van der Waals surface area contributed by atoms with Gasteiger partial charge in [-0.05, 0) is 18.3 Å². The van der Waals surface area contributed by atoms with Crippen LogP contribution in [0.1, 0.15) is 130 Å². The molecule has 0 N–H and O–H groups in total. The van der Waals surface area contributed by atoms with Gasteiger partial charge in [0.1, 0.15) is 0 Å². The maximum absolute atomic E-state index is 2.81. The molecule has 139 valence electrons. The number of hydrogen-bond donors (Lipinski definition) is 0. The summed E-state index contributed by atoms with van der Waals surface area (Å²) in [5.74, 6) is 1.80. The predicted molar refractivity (Wildman–Crippen MR) is 108 cm³/mol. The second-order valence-corrected chi connectivity index (χ2v) is 7.70. The average Bonchev–Trinajstić information content (AvgIpc) is 2.56. The van der Waals surface area contributed by atoms with Gasteiger partial charge in [0.15, 0.2) is 0 Å². The van der Waals surface area contributed by atoms with Crippen LogP contribution in [0.5, 0.6) is 0 Å². The standard InChI is InChI=1S/C23H47/c1-5-9-13-14-16-20-23(18-12-8-4)21-22(17-11-7-3)19-15-10-6-2/h21-23H,5-20H2,1-4H3. The van der Waals surface area contributed by atoms with E-state index >= 15 is 0 Å². The van der Waals surface area contributed by atoms with Crippen LogP contribution in [0, 0.1) is 18.3 Å². The molecule has 0 saturated heterocycles. The lowest BCUT2D eigenvalue weighted by molar-refractivity contribution is 0.372. The molecule has 0 rings (SSSR count). The molecule has 0 saturated carbocycles. The van der Waals surface area contributed by atoms with Crippen LogP contribution in [-0.4, -0.2) is 0 Å². The Morgan fingerprint density at radius 1 is 0.435 bits per heavy atom. The van der Waals surface area contributed by atoms with Crippen molar-refractivity contribution in [1.82, 2.24) is 0 Å². The molecule has 1 radical (unpaired) electrons. The van der Waals surface area contributed by atoms with E-state index in [1.54, 1.807) is 0 Å². The van der Waals surface area contributed by atoms with Crippen molar-refractivity contribution in [1.29, 1.82) is 0 Å². The van der Waals surface area contributed by atoms with Gasteiger partial charge in [-0.1, -0.05) is 130 Å². The normalized spacial score (nSPS) is 14.1. The van der Waals surface area contributed by atoms with Gasteiger partial charge in [0.2, 0.25) is 0 Å². The van der Waals surface area contributed by atoms with Crippen LogP contribution in [-0.2, 0) is 0 Å². The molecule has 0 aliphatic carbocycles. The minimum atomic E-state index is 0.902. The van der Waals surface area contributed by atoms with Crippen LogP contribution in [0.2, 0.25) is 0 Å². The fourth-order valence-electron chi connectivity index (χ4n) is 3.66. The Bertz CT molecular complexity index is 208. The smallest absolute Gasteiger partial charge is 0.0324 e. The van der Waals surface area contributed by atoms with E-state index in [-0.39, 0.29) is 0 Å². The topological polar surface area (TPSA) is 0 Å². The molecule has 0 heteroatoms. The maximum Gasteiger partial charge on any atom is -0.0324 e. The van der Waals surface area contributed by atoms with Gasteiger partial charge in [-0.25, -0.2) is 0 Å². The summed E-state index contributed by atoms with van der Waals surface area (Å²) in [6.45, 7) is 9.32. The van der Waals surface area contributed by atoms with Crippen LogP contribution >= 0.6 is 0 Å². The molecule has 2 atom stereocenters. The van der Waals surface area contributed by atoms with Crippen LogP contribution < -0.4 is 0 Å². The monoisotopic (exact) mass is 323 g/mol. The van der Waals surface area contributed by atoms with Crippen molar-refractivity contribution >= 4 is 0 Å². The first-order valence-corrected chi connectivity index (χ1v) is 11.1. The van der Waals surface area contributed by atoms with Gasteiger partial charge in [0, 0.05) is 0 Å². The van der Waals surface area contributed by atoms with Crippen molar-refractivity contribution in [3.63, 3.8) is 0 Å². The van der Waals surface area contributed by atoms with Crippen LogP contribution in [0.25, 0.3) is 0 Å². The van der Waals surface area contributed by atoms with Crippen molar-refractivity contribution in [2.45, 2.75) is 130 Å². The Kier molecular flexibility index (Phi) is 18.3. The predicted octanol–water partition coefficient (Wildman–Crippen LogP) is 8.74. The summed E-state index contributed by atoms with van der Waals surface area (Å²) in [7, 11) is 0. The zero-order valence-electron chi connectivity index (χ0n) is 17.0. The van der Waals surface area contributed by atoms with E-state index in [1.807, 2.05) is 0 Å². The summed E-state index contributed by atoms with van der Waals surface area (Å²) in [6.07, 6.45) is 25.5. The van der Waals surface area contributed by atoms with E-state index in [1.165, 1.54) is 103 Å². The van der Waals surface area contributed by atoms with Gasteiger partial charge in [-0.2, -0.15) is 0 Å². The molecule has 0 spiro atoms. The first-order valence-electron chi connectivity index (χ1n) is 11.1. The van der Waals surface area contributed by atoms with Gasteiger partial charge < -0.3 is 0 Å². The van der Waals surface area contributed by atoms with Crippen molar-refractivity contribution in [2.75, 3.05) is 0 Å². The summed E-state index contributed by atoms with van der Waals surface area (Å²) >= 11 is 0. The Morgan fingerprint density at radius 2 is 0.783 bits per heavy atom. The fourth-order valence-corrected chi connectivity index (χ4v) is 3.66. The van der Waals surface area contributed by atoms with Crippen LogP contribution in [0.4, 0.5) is 0 Å². The average molecular weight is 324 g/mol. The molecular weight excluding hydrogens is 276 g/mol. The van der Waals surface area contributed by atoms with Gasteiger partial charge in [0.05, 0.1) is 0 Å². The Hall–Kier alpha value is 0. The molecule has 0 fully saturated rings. The Balaban J connectivity index is 4.21. The van der Waals surface area contributed by atoms with Crippen molar-refractivity contribution < 1.29 is 0 Å². The molecule has 0 aromatic carbocycles. The van der Waals surface area contributed by atoms with E-state index < -0.39 is 0 Å². The highest BCUT2D eigenvalue weighted by Crippen LogP contribution is 2.29. The van der Waals surface area contributed by atoms with E-state index in [4.69, 9.17) is 0 Å². The Morgan fingerprint density at radius 3 is 1.26 bits per heavy atom. The summed E-state index contributed by atoms with van der Waals surface area (Å²) in [4.78, 5) is 0. The minimum Gasteiger partial charge on any atom is -0.0654 e. The van der Waals surface area contributed by atoms with E-state index in [9.17, 15) is 0 Å². The van der Waals surface area contributed by atoms with Gasteiger partial charge in [-0.15, -0.1) is 0 Å². The third-order valence-corrected chi connectivity index (χ3v) is 5.26. The zero-order valence-corrected chi connectivity index (χ0v) is 17.0. The first-order chi connectivity index (χ1) is 11.3. The molecule has 0 bridgehead atoms. The molecule has 23 heavy (non-hydrogen) atoms. The van der Waals surface area contributed by atoms with Crippen molar-refractivity contribution in [2.24, 2.45) is 11.8 Å². The summed E-state index contributed by atoms with van der Waals surface area (Å²) in [6, 6.07) is 0. The number of unbranched alkanes of at least 4 members (excludes halogenated alkanes) is 8. The zero-order chi connectivity index (χ0) is 17.2. The fraction of sp³-hybridized carbons (Fsp3) is 0.957. The molecule has 0 heterocycles. The summed E-state index contributed by atoms with van der Waals surface area (Å²) < 4.78 is 0. The molecule has 0 aromatic rings. The Labute approximate surface area is 149 Å². The molecule has 0 aliphatic heterocycles. The van der Waals surface area contributed by atoms with Gasteiger partial charge >= 0.3 is 0 Å². The highest BCUT2D eigenvalue weighted by Gasteiger charge is 2.16. The minimum absolute atomic E-state index is 0.902. The lowest BCUT2D eigenvalue weighted by atomic mass is 9.82. The van der Waals surface area contributed by atoms with Gasteiger partial charge in [0.25, 0.3) is 0 Å². The largest absolute Gasteiger partial charge is 0.0654 e. The summed E-state index contributed by atoms with van der Waals surface area (Å²) in [5.41, 5.74) is 0.